The molecule has 0 fully saturated rings. The van der Waals surface area contributed by atoms with Crippen LogP contribution in [-0.2, 0) is 11.2 Å². The predicted molar refractivity (Wildman–Crippen MR) is 99.5 cm³/mol. The third kappa shape index (κ3) is 3.23. The molecule has 2 heterocycles. The van der Waals surface area contributed by atoms with E-state index >= 15 is 0 Å². The van der Waals surface area contributed by atoms with Crippen LogP contribution < -0.4 is 5.32 Å². The zero-order valence-corrected chi connectivity index (χ0v) is 14.9. The summed E-state index contributed by atoms with van der Waals surface area (Å²) in [6, 6.07) is 14.7. The minimum absolute atomic E-state index is 0.239. The Morgan fingerprint density at radius 3 is 2.77 bits per heavy atom. The fourth-order valence-electron chi connectivity index (χ4n) is 2.97. The van der Waals surface area contributed by atoms with E-state index in [2.05, 4.69) is 10.3 Å². The van der Waals surface area contributed by atoms with Crippen molar-refractivity contribution in [3.8, 4) is 0 Å². The van der Waals surface area contributed by atoms with Crippen molar-refractivity contribution in [3.05, 3.63) is 81.9 Å². The Hall–Kier alpha value is -2.99. The van der Waals surface area contributed by atoms with Gasteiger partial charge in [0, 0.05) is 23.1 Å². The molecule has 1 amide bonds. The summed E-state index contributed by atoms with van der Waals surface area (Å²) in [5.74, 6) is -0.597. The van der Waals surface area contributed by atoms with E-state index < -0.39 is 0 Å². The fraction of sp³-hybridized carbons (Fsp3) is 0.150. The highest BCUT2D eigenvalue weighted by Gasteiger charge is 2.28. The highest BCUT2D eigenvalue weighted by molar-refractivity contribution is 7.15. The lowest BCUT2D eigenvalue weighted by Crippen LogP contribution is -2.23. The van der Waals surface area contributed by atoms with E-state index in [0.29, 0.717) is 22.7 Å². The van der Waals surface area contributed by atoms with Crippen LogP contribution in [-0.4, -0.2) is 16.9 Å². The molecule has 26 heavy (non-hydrogen) atoms. The van der Waals surface area contributed by atoms with Crippen LogP contribution in [0.4, 0.5) is 5.13 Å². The van der Waals surface area contributed by atoms with Gasteiger partial charge in [-0.3, -0.25) is 10.1 Å². The van der Waals surface area contributed by atoms with Crippen LogP contribution in [0.15, 0.2) is 54.7 Å². The van der Waals surface area contributed by atoms with Crippen molar-refractivity contribution in [2.24, 2.45) is 0 Å². The summed E-state index contributed by atoms with van der Waals surface area (Å²) >= 11 is 1.42. The number of anilines is 1. The Labute approximate surface area is 154 Å². The van der Waals surface area contributed by atoms with Gasteiger partial charge in [0.2, 0.25) is 0 Å². The van der Waals surface area contributed by atoms with E-state index in [4.69, 9.17) is 4.74 Å². The molecule has 0 aliphatic carbocycles. The highest BCUT2D eigenvalue weighted by atomic mass is 32.1. The molecule has 0 saturated heterocycles. The average Bonchev–Trinajstić information content (AvgIpc) is 3.06. The first-order valence-electron chi connectivity index (χ1n) is 8.23. The Kier molecular flexibility index (Phi) is 4.26. The smallest absolute Gasteiger partial charge is 0.339 e. The number of cyclic esters (lactones) is 1. The monoisotopic (exact) mass is 364 g/mol. The van der Waals surface area contributed by atoms with Gasteiger partial charge in [-0.25, -0.2) is 9.78 Å². The van der Waals surface area contributed by atoms with Crippen molar-refractivity contribution in [2.45, 2.75) is 19.4 Å². The van der Waals surface area contributed by atoms with E-state index in [9.17, 15) is 9.59 Å². The van der Waals surface area contributed by atoms with Crippen molar-refractivity contribution in [3.63, 3.8) is 0 Å². The van der Waals surface area contributed by atoms with E-state index in [1.54, 1.807) is 24.4 Å². The summed E-state index contributed by atoms with van der Waals surface area (Å²) in [5, 5.41) is 3.35. The van der Waals surface area contributed by atoms with Gasteiger partial charge in [-0.15, -0.1) is 11.3 Å². The number of thiazole rings is 1. The molecule has 1 aromatic heterocycles. The Bertz CT molecular complexity index is 982. The maximum atomic E-state index is 12.5. The van der Waals surface area contributed by atoms with Gasteiger partial charge in [0.25, 0.3) is 5.91 Å². The second-order valence-electron chi connectivity index (χ2n) is 6.11. The Morgan fingerprint density at radius 1 is 1.23 bits per heavy atom. The second-order valence-corrected chi connectivity index (χ2v) is 7.35. The molecule has 1 atom stereocenters. The Morgan fingerprint density at radius 2 is 2.04 bits per heavy atom. The first-order chi connectivity index (χ1) is 12.6. The molecule has 130 valence electrons. The van der Waals surface area contributed by atoms with Gasteiger partial charge in [0.15, 0.2) is 5.13 Å². The number of aryl methyl sites for hydroxylation is 1. The maximum Gasteiger partial charge on any atom is 0.339 e. The summed E-state index contributed by atoms with van der Waals surface area (Å²) in [6.45, 7) is 1.93. The molecular weight excluding hydrogens is 348 g/mol. The molecule has 0 spiro atoms. The van der Waals surface area contributed by atoms with Gasteiger partial charge in [-0.2, -0.15) is 0 Å². The second kappa shape index (κ2) is 6.72. The minimum Gasteiger partial charge on any atom is -0.454 e. The summed E-state index contributed by atoms with van der Waals surface area (Å²) in [6.07, 6.45) is 1.92. The van der Waals surface area contributed by atoms with Gasteiger partial charge in [0.05, 0.1) is 5.56 Å². The molecule has 6 heteroatoms. The van der Waals surface area contributed by atoms with Crippen LogP contribution >= 0.6 is 11.3 Å². The van der Waals surface area contributed by atoms with Crippen molar-refractivity contribution >= 4 is 28.3 Å². The van der Waals surface area contributed by atoms with Crippen molar-refractivity contribution in [1.29, 1.82) is 0 Å². The number of hydrogen-bond donors (Lipinski definition) is 1. The zero-order chi connectivity index (χ0) is 18.1. The van der Waals surface area contributed by atoms with Crippen molar-refractivity contribution in [1.82, 2.24) is 4.98 Å². The zero-order valence-electron chi connectivity index (χ0n) is 14.1. The third-order valence-corrected chi connectivity index (χ3v) is 5.08. The number of aromatic nitrogens is 1. The van der Waals surface area contributed by atoms with E-state index in [1.807, 2.05) is 37.3 Å². The molecule has 5 nitrogen and oxygen atoms in total. The molecule has 0 saturated carbocycles. The van der Waals surface area contributed by atoms with Gasteiger partial charge in [-0.05, 0) is 36.2 Å². The minimum atomic E-state index is -0.359. The molecule has 0 radical (unpaired) electrons. The number of hydrogen-bond acceptors (Lipinski definition) is 5. The topological polar surface area (TPSA) is 68.3 Å². The number of carbonyl (C=O) groups is 2. The predicted octanol–water partition coefficient (Wildman–Crippen LogP) is 4.16. The van der Waals surface area contributed by atoms with Crippen LogP contribution in [0.25, 0.3) is 0 Å². The Balaban J connectivity index is 1.59. The number of benzene rings is 2. The van der Waals surface area contributed by atoms with Crippen molar-refractivity contribution < 1.29 is 14.3 Å². The molecule has 1 aliphatic heterocycles. The summed E-state index contributed by atoms with van der Waals surface area (Å²) < 4.78 is 5.55. The van der Waals surface area contributed by atoms with E-state index in [-0.39, 0.29) is 18.0 Å². The molecule has 0 bridgehead atoms. The standard InChI is InChI=1S/C20H16N2O3S/c1-12-11-21-20(26-12)22-18(23)14-7-8-16-15(9-14)10-17(25-19(16)24)13-5-3-2-4-6-13/h2-9,11,17H,10H2,1H3,(H,21,22,23). The lowest BCUT2D eigenvalue weighted by atomic mass is 9.93. The molecular formula is C20H16N2O3S. The number of nitrogens with one attached hydrogen (secondary N) is 1. The summed E-state index contributed by atoms with van der Waals surface area (Å²) in [4.78, 5) is 30.0. The lowest BCUT2D eigenvalue weighted by Gasteiger charge is -2.25. The molecule has 1 unspecified atom stereocenters. The largest absolute Gasteiger partial charge is 0.454 e. The van der Waals surface area contributed by atoms with Crippen LogP contribution in [0.2, 0.25) is 0 Å². The summed E-state index contributed by atoms with van der Waals surface area (Å²) in [7, 11) is 0. The van der Waals surface area contributed by atoms with Gasteiger partial charge < -0.3 is 4.74 Å². The van der Waals surface area contributed by atoms with Crippen LogP contribution in [0, 0.1) is 6.92 Å². The lowest BCUT2D eigenvalue weighted by molar-refractivity contribution is 0.0252. The first-order valence-corrected chi connectivity index (χ1v) is 9.04. The number of fused-ring (bicyclic) bond motifs is 1. The summed E-state index contributed by atoms with van der Waals surface area (Å²) in [5.41, 5.74) is 2.77. The van der Waals surface area contributed by atoms with E-state index in [0.717, 1.165) is 16.0 Å². The first kappa shape index (κ1) is 16.5. The molecule has 1 aliphatic rings. The van der Waals surface area contributed by atoms with Gasteiger partial charge in [0.1, 0.15) is 6.10 Å². The number of esters is 1. The van der Waals surface area contributed by atoms with E-state index in [1.165, 1.54) is 11.3 Å². The maximum absolute atomic E-state index is 12.5. The highest BCUT2D eigenvalue weighted by Crippen LogP contribution is 2.31. The average molecular weight is 364 g/mol. The fourth-order valence-corrected chi connectivity index (χ4v) is 3.63. The third-order valence-electron chi connectivity index (χ3n) is 4.26. The van der Waals surface area contributed by atoms with Crippen LogP contribution in [0.1, 0.15) is 42.8 Å². The number of ether oxygens (including phenoxy) is 1. The quantitative estimate of drug-likeness (QED) is 0.709. The van der Waals surface area contributed by atoms with Gasteiger partial charge >= 0.3 is 5.97 Å². The van der Waals surface area contributed by atoms with Crippen LogP contribution in [0.3, 0.4) is 0 Å². The number of carbonyl (C=O) groups excluding carboxylic acids is 2. The molecule has 3 aromatic rings. The molecule has 1 N–H and O–H groups in total. The molecule has 4 rings (SSSR count). The molecule has 2 aromatic carbocycles. The number of rotatable bonds is 3. The number of amides is 1. The van der Waals surface area contributed by atoms with Crippen LogP contribution in [0.5, 0.6) is 0 Å². The van der Waals surface area contributed by atoms with Gasteiger partial charge in [-0.1, -0.05) is 30.3 Å². The SMILES string of the molecule is Cc1cnc(NC(=O)c2ccc3c(c2)CC(c2ccccc2)OC3=O)s1. The number of nitrogens with zero attached hydrogens (tertiary/aromatic N) is 1. The van der Waals surface area contributed by atoms with Crippen molar-refractivity contribution in [2.75, 3.05) is 5.32 Å². The normalized spacial score (nSPS) is 15.9.